The molecular formula is C17H25N5OS. The molecule has 1 atom stereocenters. The number of anilines is 1. The highest BCUT2D eigenvalue weighted by Crippen LogP contribution is 2.24. The van der Waals surface area contributed by atoms with Gasteiger partial charge >= 0.3 is 6.03 Å². The van der Waals surface area contributed by atoms with E-state index in [1.807, 2.05) is 22.1 Å². The van der Waals surface area contributed by atoms with Gasteiger partial charge in [-0.15, -0.1) is 11.3 Å². The number of rotatable bonds is 6. The van der Waals surface area contributed by atoms with Crippen LogP contribution in [0.4, 0.5) is 10.6 Å². The van der Waals surface area contributed by atoms with E-state index in [2.05, 4.69) is 45.9 Å². The summed E-state index contributed by atoms with van der Waals surface area (Å²) in [6.45, 7) is 7.72. The summed E-state index contributed by atoms with van der Waals surface area (Å²) in [5.74, 6) is 0.739. The number of nitrogens with zero attached hydrogens (tertiary/aromatic N) is 3. The first-order valence-electron chi connectivity index (χ1n) is 8.53. The Kier molecular flexibility index (Phi) is 5.52. The molecule has 0 aliphatic carbocycles. The second-order valence-corrected chi connectivity index (χ2v) is 7.21. The Bertz CT molecular complexity index is 680. The number of thiophene rings is 1. The number of urea groups is 1. The van der Waals surface area contributed by atoms with Crippen molar-refractivity contribution < 1.29 is 4.79 Å². The van der Waals surface area contributed by atoms with E-state index in [1.165, 1.54) is 10.4 Å². The fourth-order valence-corrected chi connectivity index (χ4v) is 3.90. The molecule has 0 radical (unpaired) electrons. The van der Waals surface area contributed by atoms with E-state index in [0.717, 1.165) is 38.3 Å². The molecule has 1 aliphatic rings. The van der Waals surface area contributed by atoms with Crippen LogP contribution in [-0.4, -0.2) is 39.8 Å². The monoisotopic (exact) mass is 347 g/mol. The number of aryl methyl sites for hydroxylation is 1. The van der Waals surface area contributed by atoms with Crippen molar-refractivity contribution >= 4 is 23.2 Å². The van der Waals surface area contributed by atoms with Crippen LogP contribution in [0.3, 0.4) is 0 Å². The van der Waals surface area contributed by atoms with Gasteiger partial charge in [-0.3, -0.25) is 10.2 Å². The Morgan fingerprint density at radius 2 is 2.33 bits per heavy atom. The predicted octanol–water partition coefficient (Wildman–Crippen LogP) is 2.92. The summed E-state index contributed by atoms with van der Waals surface area (Å²) in [5.41, 5.74) is 1.44. The fraction of sp³-hybridized carbons (Fsp3) is 0.529. The van der Waals surface area contributed by atoms with Crippen molar-refractivity contribution in [1.82, 2.24) is 20.0 Å². The molecule has 130 valence electrons. The molecule has 1 aliphatic heterocycles. The van der Waals surface area contributed by atoms with Crippen molar-refractivity contribution in [2.75, 3.05) is 18.4 Å². The van der Waals surface area contributed by atoms with Crippen LogP contribution in [-0.2, 0) is 19.5 Å². The number of carbonyl (C=O) groups is 1. The van der Waals surface area contributed by atoms with Gasteiger partial charge in [-0.25, -0.2) is 9.48 Å². The zero-order valence-corrected chi connectivity index (χ0v) is 15.1. The minimum Gasteiger partial charge on any atom is -0.336 e. The average Bonchev–Trinajstić information content (AvgIpc) is 3.21. The van der Waals surface area contributed by atoms with Crippen LogP contribution in [0.2, 0.25) is 0 Å². The van der Waals surface area contributed by atoms with Gasteiger partial charge in [-0.1, -0.05) is 6.92 Å². The summed E-state index contributed by atoms with van der Waals surface area (Å²) in [6.07, 6.45) is 3.80. The lowest BCUT2D eigenvalue weighted by Crippen LogP contribution is -2.45. The van der Waals surface area contributed by atoms with Crippen molar-refractivity contribution in [1.29, 1.82) is 0 Å². The molecule has 2 amide bonds. The van der Waals surface area contributed by atoms with Crippen LogP contribution in [0, 0.1) is 0 Å². The topological polar surface area (TPSA) is 62.2 Å². The Labute approximate surface area is 146 Å². The number of hydrogen-bond donors (Lipinski definition) is 2. The fourth-order valence-electron chi connectivity index (χ4n) is 3.01. The van der Waals surface area contributed by atoms with Crippen LogP contribution in [0.1, 0.15) is 30.7 Å². The molecule has 0 bridgehead atoms. The second kappa shape index (κ2) is 7.81. The molecule has 0 saturated carbocycles. The van der Waals surface area contributed by atoms with Crippen LogP contribution in [0.15, 0.2) is 23.7 Å². The van der Waals surface area contributed by atoms with Gasteiger partial charge in [0.05, 0.1) is 6.20 Å². The molecular weight excluding hydrogens is 322 g/mol. The number of amides is 2. The maximum atomic E-state index is 12.1. The minimum absolute atomic E-state index is 0.173. The van der Waals surface area contributed by atoms with E-state index in [-0.39, 0.29) is 6.03 Å². The molecule has 24 heavy (non-hydrogen) atoms. The average molecular weight is 347 g/mol. The molecule has 6 nitrogen and oxygen atoms in total. The van der Waals surface area contributed by atoms with Crippen LogP contribution in [0.5, 0.6) is 0 Å². The SMILES string of the molecule is CCCn1nccc1NC(=O)NC[C@H](C)N1CCc2sccc2C1. The quantitative estimate of drug-likeness (QED) is 0.844. The van der Waals surface area contributed by atoms with Gasteiger partial charge in [0, 0.05) is 43.2 Å². The standard InChI is InChI=1S/C17H25N5OS/c1-3-8-22-16(4-7-19-22)20-17(23)18-11-13(2)21-9-5-15-14(12-21)6-10-24-15/h4,6-7,10,13H,3,5,8-9,11-12H2,1-2H3,(H2,18,20,23)/t13-/m0/s1. The third-order valence-corrected chi connectivity index (χ3v) is 5.44. The minimum atomic E-state index is -0.173. The largest absolute Gasteiger partial charge is 0.336 e. The smallest absolute Gasteiger partial charge is 0.320 e. The summed E-state index contributed by atoms with van der Waals surface area (Å²) < 4.78 is 1.81. The van der Waals surface area contributed by atoms with E-state index in [0.29, 0.717) is 12.6 Å². The lowest BCUT2D eigenvalue weighted by Gasteiger charge is -2.32. The molecule has 0 unspecified atom stereocenters. The van der Waals surface area contributed by atoms with Gasteiger partial charge in [-0.2, -0.15) is 5.10 Å². The van der Waals surface area contributed by atoms with Crippen molar-refractivity contribution in [3.05, 3.63) is 34.2 Å². The molecule has 7 heteroatoms. The highest BCUT2D eigenvalue weighted by atomic mass is 32.1. The Balaban J connectivity index is 1.47. The molecule has 2 aromatic rings. The van der Waals surface area contributed by atoms with Crippen LogP contribution in [0.25, 0.3) is 0 Å². The maximum absolute atomic E-state index is 12.1. The molecule has 2 aromatic heterocycles. The predicted molar refractivity (Wildman–Crippen MR) is 97.4 cm³/mol. The number of nitrogens with one attached hydrogen (secondary N) is 2. The van der Waals surface area contributed by atoms with Gasteiger partial charge in [-0.05, 0) is 36.8 Å². The first kappa shape index (κ1) is 17.0. The zero-order chi connectivity index (χ0) is 16.9. The number of carbonyl (C=O) groups excluding carboxylic acids is 1. The molecule has 0 aromatic carbocycles. The third kappa shape index (κ3) is 3.96. The summed E-state index contributed by atoms with van der Waals surface area (Å²) in [7, 11) is 0. The van der Waals surface area contributed by atoms with Crippen LogP contribution >= 0.6 is 11.3 Å². The van der Waals surface area contributed by atoms with Crippen molar-refractivity contribution in [3.8, 4) is 0 Å². The number of fused-ring (bicyclic) bond motifs is 1. The molecule has 0 spiro atoms. The summed E-state index contributed by atoms with van der Waals surface area (Å²) in [6, 6.07) is 4.17. The highest BCUT2D eigenvalue weighted by molar-refractivity contribution is 7.10. The first-order chi connectivity index (χ1) is 11.7. The van der Waals surface area contributed by atoms with Gasteiger partial charge in [0.1, 0.15) is 5.82 Å². The van der Waals surface area contributed by atoms with E-state index in [1.54, 1.807) is 6.20 Å². The lowest BCUT2D eigenvalue weighted by molar-refractivity contribution is 0.188. The lowest BCUT2D eigenvalue weighted by atomic mass is 10.1. The van der Waals surface area contributed by atoms with Crippen molar-refractivity contribution in [2.24, 2.45) is 0 Å². The van der Waals surface area contributed by atoms with E-state index >= 15 is 0 Å². The van der Waals surface area contributed by atoms with Crippen LogP contribution < -0.4 is 10.6 Å². The van der Waals surface area contributed by atoms with Crippen molar-refractivity contribution in [3.63, 3.8) is 0 Å². The highest BCUT2D eigenvalue weighted by Gasteiger charge is 2.21. The molecule has 3 heterocycles. The molecule has 3 rings (SSSR count). The van der Waals surface area contributed by atoms with Gasteiger partial charge in [0.15, 0.2) is 0 Å². The van der Waals surface area contributed by atoms with Crippen molar-refractivity contribution in [2.45, 2.75) is 45.8 Å². The Morgan fingerprint density at radius 3 is 3.17 bits per heavy atom. The number of hydrogen-bond acceptors (Lipinski definition) is 4. The van der Waals surface area contributed by atoms with E-state index < -0.39 is 0 Å². The second-order valence-electron chi connectivity index (χ2n) is 6.21. The molecule has 0 saturated heterocycles. The van der Waals surface area contributed by atoms with Gasteiger partial charge in [0.25, 0.3) is 0 Å². The number of aromatic nitrogens is 2. The normalized spacial score (nSPS) is 15.8. The molecule has 0 fully saturated rings. The molecule has 2 N–H and O–H groups in total. The zero-order valence-electron chi connectivity index (χ0n) is 14.3. The Morgan fingerprint density at radius 1 is 1.46 bits per heavy atom. The van der Waals surface area contributed by atoms with E-state index in [4.69, 9.17) is 0 Å². The Hall–Kier alpha value is -1.86. The summed E-state index contributed by atoms with van der Waals surface area (Å²) in [5, 5.41) is 12.2. The maximum Gasteiger partial charge on any atom is 0.320 e. The van der Waals surface area contributed by atoms with Gasteiger partial charge < -0.3 is 5.32 Å². The van der Waals surface area contributed by atoms with Gasteiger partial charge in [0.2, 0.25) is 0 Å². The summed E-state index contributed by atoms with van der Waals surface area (Å²) in [4.78, 5) is 16.1. The third-order valence-electron chi connectivity index (χ3n) is 4.41. The first-order valence-corrected chi connectivity index (χ1v) is 9.41. The van der Waals surface area contributed by atoms with E-state index in [9.17, 15) is 4.79 Å². The summed E-state index contributed by atoms with van der Waals surface area (Å²) >= 11 is 1.85.